The molecule has 0 amide bonds. The van der Waals surface area contributed by atoms with Gasteiger partial charge in [0.15, 0.2) is 0 Å². The van der Waals surface area contributed by atoms with Gasteiger partial charge in [-0.25, -0.2) is 9.97 Å². The van der Waals surface area contributed by atoms with Gasteiger partial charge < -0.3 is 4.74 Å². The van der Waals surface area contributed by atoms with Gasteiger partial charge in [-0.15, -0.1) is 22.7 Å². The number of hydrogen-bond donors (Lipinski definition) is 0. The highest BCUT2D eigenvalue weighted by atomic mass is 35.5. The Morgan fingerprint density at radius 2 is 1.75 bits per heavy atom. The lowest BCUT2D eigenvalue weighted by Gasteiger charge is -2.08. The summed E-state index contributed by atoms with van der Waals surface area (Å²) in [6.45, 7) is 0. The average Bonchev–Trinajstić information content (AvgIpc) is 3.31. The van der Waals surface area contributed by atoms with E-state index in [9.17, 15) is 13.2 Å². The quantitative estimate of drug-likeness (QED) is 0.333. The Kier molecular flexibility index (Phi) is 5.09. The molecule has 0 bridgehead atoms. The highest BCUT2D eigenvalue weighted by Gasteiger charge is 2.30. The molecule has 142 valence electrons. The Balaban J connectivity index is 1.48. The first-order chi connectivity index (χ1) is 13.4. The van der Waals surface area contributed by atoms with E-state index >= 15 is 0 Å². The normalized spacial score (nSPS) is 11.6. The van der Waals surface area contributed by atoms with Gasteiger partial charge in [0.05, 0.1) is 20.5 Å². The number of thiazole rings is 1. The van der Waals surface area contributed by atoms with E-state index in [0.29, 0.717) is 10.1 Å². The standard InChI is InChI=1S/C19H10ClF3N2OS2/c20-16-7-6-15(28-16)14-10-27-18(25-14)11-1-4-13(5-2-11)26-17-8-3-12(9-24-17)19(21,22)23/h1-10H. The number of nitrogens with zero attached hydrogens (tertiary/aromatic N) is 2. The van der Waals surface area contributed by atoms with Crippen molar-refractivity contribution in [2.24, 2.45) is 0 Å². The van der Waals surface area contributed by atoms with E-state index in [2.05, 4.69) is 9.97 Å². The van der Waals surface area contributed by atoms with Crippen LogP contribution in [0.25, 0.3) is 21.1 Å². The average molecular weight is 439 g/mol. The SMILES string of the molecule is FC(F)(F)c1ccc(Oc2ccc(-c3nc(-c4ccc(Cl)s4)cs3)cc2)nc1. The summed E-state index contributed by atoms with van der Waals surface area (Å²) in [6.07, 6.45) is -3.67. The number of thiophene rings is 1. The minimum absolute atomic E-state index is 0.0897. The molecule has 28 heavy (non-hydrogen) atoms. The predicted octanol–water partition coefficient (Wildman–Crippen LogP) is 7.40. The fraction of sp³-hybridized carbons (Fsp3) is 0.0526. The van der Waals surface area contributed by atoms with Crippen molar-refractivity contribution in [2.45, 2.75) is 6.18 Å². The number of benzene rings is 1. The number of halogens is 4. The molecule has 0 fully saturated rings. The van der Waals surface area contributed by atoms with Crippen molar-refractivity contribution < 1.29 is 17.9 Å². The molecule has 3 nitrogen and oxygen atoms in total. The Labute approximate surface area is 171 Å². The van der Waals surface area contributed by atoms with E-state index in [4.69, 9.17) is 16.3 Å². The number of pyridine rings is 1. The molecule has 0 saturated carbocycles. The smallest absolute Gasteiger partial charge is 0.417 e. The van der Waals surface area contributed by atoms with E-state index < -0.39 is 11.7 Å². The third-order valence-corrected chi connectivity index (χ3v) is 5.86. The van der Waals surface area contributed by atoms with Gasteiger partial charge in [-0.2, -0.15) is 13.2 Å². The maximum Gasteiger partial charge on any atom is 0.417 e. The van der Waals surface area contributed by atoms with Crippen molar-refractivity contribution in [2.75, 3.05) is 0 Å². The minimum Gasteiger partial charge on any atom is -0.439 e. The summed E-state index contributed by atoms with van der Waals surface area (Å²) in [7, 11) is 0. The monoisotopic (exact) mass is 438 g/mol. The van der Waals surface area contributed by atoms with Crippen LogP contribution in [0, 0.1) is 0 Å². The Bertz CT molecular complexity index is 1090. The van der Waals surface area contributed by atoms with Crippen LogP contribution >= 0.6 is 34.3 Å². The lowest BCUT2D eigenvalue weighted by Crippen LogP contribution is -2.05. The fourth-order valence-electron chi connectivity index (χ4n) is 2.37. The van der Waals surface area contributed by atoms with Crippen LogP contribution in [0.5, 0.6) is 11.6 Å². The number of ether oxygens (including phenoxy) is 1. The largest absolute Gasteiger partial charge is 0.439 e. The van der Waals surface area contributed by atoms with Crippen molar-refractivity contribution in [3.05, 3.63) is 70.0 Å². The summed E-state index contributed by atoms with van der Waals surface area (Å²) in [5, 5.41) is 2.81. The second kappa shape index (κ2) is 7.54. The van der Waals surface area contributed by atoms with Gasteiger partial charge in [0.25, 0.3) is 0 Å². The van der Waals surface area contributed by atoms with Gasteiger partial charge in [0, 0.05) is 23.2 Å². The first kappa shape index (κ1) is 18.9. The zero-order valence-electron chi connectivity index (χ0n) is 13.9. The number of alkyl halides is 3. The summed E-state index contributed by atoms with van der Waals surface area (Å²) < 4.78 is 43.9. The van der Waals surface area contributed by atoms with E-state index in [1.165, 1.54) is 28.7 Å². The number of rotatable bonds is 4. The first-order valence-electron chi connectivity index (χ1n) is 7.91. The molecule has 1 aromatic carbocycles. The Morgan fingerprint density at radius 3 is 2.36 bits per heavy atom. The van der Waals surface area contributed by atoms with Gasteiger partial charge in [-0.05, 0) is 42.5 Å². The molecule has 4 rings (SSSR count). The van der Waals surface area contributed by atoms with Crippen molar-refractivity contribution in [3.8, 4) is 32.8 Å². The van der Waals surface area contributed by atoms with Gasteiger partial charge in [0.2, 0.25) is 5.88 Å². The van der Waals surface area contributed by atoms with Gasteiger partial charge in [0.1, 0.15) is 10.8 Å². The van der Waals surface area contributed by atoms with E-state index in [0.717, 1.165) is 33.4 Å². The van der Waals surface area contributed by atoms with E-state index in [1.807, 2.05) is 29.6 Å². The maximum atomic E-state index is 12.6. The van der Waals surface area contributed by atoms with E-state index in [1.54, 1.807) is 12.1 Å². The van der Waals surface area contributed by atoms with Crippen molar-refractivity contribution in [1.29, 1.82) is 0 Å². The molecule has 0 spiro atoms. The summed E-state index contributed by atoms with van der Waals surface area (Å²) >= 11 is 8.95. The topological polar surface area (TPSA) is 35.0 Å². The van der Waals surface area contributed by atoms with Crippen LogP contribution in [0.2, 0.25) is 4.34 Å². The molecule has 0 radical (unpaired) electrons. The van der Waals surface area contributed by atoms with Crippen LogP contribution in [-0.2, 0) is 6.18 Å². The summed E-state index contributed by atoms with van der Waals surface area (Å²) in [5.74, 6) is 0.560. The molecule has 0 atom stereocenters. The van der Waals surface area contributed by atoms with Crippen molar-refractivity contribution >= 4 is 34.3 Å². The van der Waals surface area contributed by atoms with Crippen molar-refractivity contribution in [1.82, 2.24) is 9.97 Å². The zero-order chi connectivity index (χ0) is 19.7. The zero-order valence-corrected chi connectivity index (χ0v) is 16.3. The van der Waals surface area contributed by atoms with Crippen LogP contribution in [0.15, 0.2) is 60.1 Å². The molecule has 0 unspecified atom stereocenters. The Morgan fingerprint density at radius 1 is 0.964 bits per heavy atom. The highest BCUT2D eigenvalue weighted by Crippen LogP contribution is 2.35. The second-order valence-corrected chi connectivity index (χ2v) is 8.22. The maximum absolute atomic E-state index is 12.6. The molecule has 4 aromatic rings. The summed E-state index contributed by atoms with van der Waals surface area (Å²) in [4.78, 5) is 9.32. The van der Waals surface area contributed by atoms with Crippen LogP contribution in [-0.4, -0.2) is 9.97 Å². The number of aromatic nitrogens is 2. The second-order valence-electron chi connectivity index (χ2n) is 5.65. The highest BCUT2D eigenvalue weighted by molar-refractivity contribution is 7.20. The van der Waals surface area contributed by atoms with Gasteiger partial charge >= 0.3 is 6.18 Å². The van der Waals surface area contributed by atoms with Crippen LogP contribution in [0.4, 0.5) is 13.2 Å². The van der Waals surface area contributed by atoms with Crippen LogP contribution < -0.4 is 4.74 Å². The lowest BCUT2D eigenvalue weighted by atomic mass is 10.2. The third kappa shape index (κ3) is 4.19. The number of hydrogen-bond acceptors (Lipinski definition) is 5. The molecular weight excluding hydrogens is 429 g/mol. The van der Waals surface area contributed by atoms with Crippen molar-refractivity contribution in [3.63, 3.8) is 0 Å². The summed E-state index contributed by atoms with van der Waals surface area (Å²) in [6, 6.07) is 13.0. The van der Waals surface area contributed by atoms with Gasteiger partial charge in [-0.1, -0.05) is 11.6 Å². The molecule has 9 heteroatoms. The van der Waals surface area contributed by atoms with E-state index in [-0.39, 0.29) is 5.88 Å². The van der Waals surface area contributed by atoms with Gasteiger partial charge in [-0.3, -0.25) is 0 Å². The Hall–Kier alpha value is -2.42. The summed E-state index contributed by atoms with van der Waals surface area (Å²) in [5.41, 5.74) is 0.958. The van der Waals surface area contributed by atoms with Crippen LogP contribution in [0.1, 0.15) is 5.56 Å². The molecule has 3 aromatic heterocycles. The molecular formula is C19H10ClF3N2OS2. The molecule has 0 N–H and O–H groups in total. The lowest BCUT2D eigenvalue weighted by molar-refractivity contribution is -0.137. The van der Waals surface area contributed by atoms with Crippen LogP contribution in [0.3, 0.4) is 0 Å². The molecule has 0 aliphatic rings. The predicted molar refractivity (Wildman–Crippen MR) is 105 cm³/mol. The first-order valence-corrected chi connectivity index (χ1v) is 9.99. The molecule has 3 heterocycles. The fourth-order valence-corrected chi connectivity index (χ4v) is 4.27. The molecule has 0 aliphatic heterocycles. The third-order valence-electron chi connectivity index (χ3n) is 3.72. The minimum atomic E-state index is -4.42. The molecule has 0 aliphatic carbocycles. The molecule has 0 saturated heterocycles.